The van der Waals surface area contributed by atoms with E-state index >= 15 is 0 Å². The molecular formula is C29H22BrN3O6. The highest BCUT2D eigenvalue weighted by atomic mass is 79.9. The van der Waals surface area contributed by atoms with E-state index in [1.165, 1.54) is 38.5 Å². The molecule has 2 aliphatic rings. The number of nitro benzene ring substituents is 1. The van der Waals surface area contributed by atoms with Crippen molar-refractivity contribution < 1.29 is 24.0 Å². The summed E-state index contributed by atoms with van der Waals surface area (Å²) in [6, 6.07) is 18.3. The van der Waals surface area contributed by atoms with Gasteiger partial charge in [-0.15, -0.1) is 0 Å². The van der Waals surface area contributed by atoms with Crippen LogP contribution in [0.5, 0.6) is 5.75 Å². The maximum absolute atomic E-state index is 14.4. The lowest BCUT2D eigenvalue weighted by Gasteiger charge is -2.36. The Labute approximate surface area is 232 Å². The average Bonchev–Trinajstić information content (AvgIpc) is 3.28. The molecule has 3 aromatic rings. The summed E-state index contributed by atoms with van der Waals surface area (Å²) < 4.78 is 11.1. The molecule has 0 amide bonds. The van der Waals surface area contributed by atoms with Gasteiger partial charge in [0.15, 0.2) is 11.2 Å². The van der Waals surface area contributed by atoms with Gasteiger partial charge >= 0.3 is 5.97 Å². The lowest BCUT2D eigenvalue weighted by molar-refractivity contribution is -0.384. The molecule has 0 saturated carbocycles. The fraction of sp³-hybridized carbons (Fsp3) is 0.207. The molecule has 0 aliphatic carbocycles. The second-order valence-electron chi connectivity index (χ2n) is 9.23. The minimum absolute atomic E-state index is 0.151. The van der Waals surface area contributed by atoms with Crippen molar-refractivity contribution in [1.29, 1.82) is 5.26 Å². The smallest absolute Gasteiger partial charge is 0.329 e. The lowest BCUT2D eigenvalue weighted by Crippen LogP contribution is -2.46. The van der Waals surface area contributed by atoms with Crippen molar-refractivity contribution in [1.82, 2.24) is 0 Å². The third-order valence-electron chi connectivity index (χ3n) is 7.42. The molecule has 0 bridgehead atoms. The molecular weight excluding hydrogens is 566 g/mol. The molecule has 0 spiro atoms. The van der Waals surface area contributed by atoms with Gasteiger partial charge in [0.25, 0.3) is 5.69 Å². The van der Waals surface area contributed by atoms with Crippen LogP contribution in [0.15, 0.2) is 77.3 Å². The maximum atomic E-state index is 14.4. The van der Waals surface area contributed by atoms with Gasteiger partial charge in [-0.05, 0) is 51.3 Å². The third-order valence-corrected chi connectivity index (χ3v) is 8.04. The molecule has 0 N–H and O–H groups in total. The number of carbonyl (C=O) groups is 2. The number of anilines is 1. The van der Waals surface area contributed by atoms with Crippen LogP contribution in [0.3, 0.4) is 0 Å². The molecule has 0 radical (unpaired) electrons. The number of nitrogens with zero attached hydrogens (tertiary/aromatic N) is 3. The van der Waals surface area contributed by atoms with E-state index in [2.05, 4.69) is 22.0 Å². The van der Waals surface area contributed by atoms with Crippen molar-refractivity contribution in [3.63, 3.8) is 0 Å². The quantitative estimate of drug-likeness (QED) is 0.165. The minimum Gasteiger partial charge on any atom is -0.496 e. The first-order valence-corrected chi connectivity index (χ1v) is 12.7. The number of non-ortho nitro benzene ring substituents is 1. The van der Waals surface area contributed by atoms with Crippen LogP contribution in [-0.2, 0) is 9.53 Å². The van der Waals surface area contributed by atoms with Gasteiger partial charge in [-0.3, -0.25) is 19.7 Å². The highest BCUT2D eigenvalue weighted by Crippen LogP contribution is 2.56. The number of fused-ring (bicyclic) bond motifs is 3. The van der Waals surface area contributed by atoms with Crippen LogP contribution >= 0.6 is 15.9 Å². The Hall–Kier alpha value is -4.49. The number of hydrogen-bond donors (Lipinski definition) is 0. The zero-order chi connectivity index (χ0) is 27.9. The molecule has 5 rings (SSSR count). The van der Waals surface area contributed by atoms with Crippen LogP contribution < -0.4 is 9.64 Å². The molecule has 3 aromatic carbocycles. The summed E-state index contributed by atoms with van der Waals surface area (Å²) in [5.41, 5.74) is 0.288. The van der Waals surface area contributed by atoms with E-state index in [-0.39, 0.29) is 11.5 Å². The van der Waals surface area contributed by atoms with Crippen molar-refractivity contribution in [3.05, 3.63) is 104 Å². The normalized spacial score (nSPS) is 22.8. The van der Waals surface area contributed by atoms with Crippen LogP contribution in [-0.4, -0.2) is 43.0 Å². The molecule has 10 heteroatoms. The van der Waals surface area contributed by atoms with Gasteiger partial charge in [0.2, 0.25) is 0 Å². The predicted molar refractivity (Wildman–Crippen MR) is 146 cm³/mol. The first-order valence-electron chi connectivity index (χ1n) is 12.0. The number of Topliss-reactive ketones (excluding diaryl/α,β-unsaturated/α-hetero) is 1. The summed E-state index contributed by atoms with van der Waals surface area (Å²) in [7, 11) is 2.72. The number of carbonyl (C=O) groups excluding carboxylic acids is 2. The van der Waals surface area contributed by atoms with E-state index in [1.54, 1.807) is 24.3 Å². The Balaban J connectivity index is 1.79. The molecule has 9 nitrogen and oxygen atoms in total. The second kappa shape index (κ2) is 10.0. The summed E-state index contributed by atoms with van der Waals surface area (Å²) in [6.45, 7) is 0. The van der Waals surface area contributed by atoms with Gasteiger partial charge in [-0.1, -0.05) is 42.5 Å². The minimum atomic E-state index is -1.83. The number of esters is 1. The van der Waals surface area contributed by atoms with E-state index in [4.69, 9.17) is 9.47 Å². The fourth-order valence-corrected chi connectivity index (χ4v) is 6.24. The summed E-state index contributed by atoms with van der Waals surface area (Å²) in [4.78, 5) is 40.7. The van der Waals surface area contributed by atoms with E-state index in [1.807, 2.05) is 35.2 Å². The maximum Gasteiger partial charge on any atom is 0.329 e. The first kappa shape index (κ1) is 26.1. The number of hydrogen-bond acceptors (Lipinski definition) is 8. The number of nitro groups is 1. The number of ketones is 1. The summed E-state index contributed by atoms with van der Waals surface area (Å²) in [5, 5.41) is 22.1. The second-order valence-corrected chi connectivity index (χ2v) is 10.1. The Morgan fingerprint density at radius 3 is 2.44 bits per heavy atom. The summed E-state index contributed by atoms with van der Waals surface area (Å²) in [6.07, 6.45) is 3.58. The van der Waals surface area contributed by atoms with Crippen LogP contribution in [0.25, 0.3) is 6.08 Å². The van der Waals surface area contributed by atoms with Gasteiger partial charge < -0.3 is 14.4 Å². The molecule has 39 heavy (non-hydrogen) atoms. The van der Waals surface area contributed by atoms with Gasteiger partial charge in [-0.25, -0.2) is 0 Å². The number of para-hydroxylation sites is 1. The lowest BCUT2D eigenvalue weighted by atomic mass is 9.68. The van der Waals surface area contributed by atoms with Gasteiger partial charge in [0.05, 0.1) is 35.7 Å². The Morgan fingerprint density at radius 2 is 1.82 bits per heavy atom. The molecule has 1 fully saturated rings. The number of halogens is 1. The Morgan fingerprint density at radius 1 is 1.10 bits per heavy atom. The Bertz CT molecular complexity index is 1560. The molecule has 4 atom stereocenters. The zero-order valence-electron chi connectivity index (χ0n) is 20.9. The van der Waals surface area contributed by atoms with Crippen molar-refractivity contribution in [2.45, 2.75) is 18.0 Å². The fourth-order valence-electron chi connectivity index (χ4n) is 5.70. The summed E-state index contributed by atoms with van der Waals surface area (Å²) in [5.74, 6) is -1.61. The highest BCUT2D eigenvalue weighted by molar-refractivity contribution is 9.10. The number of nitriles is 1. The van der Waals surface area contributed by atoms with Gasteiger partial charge in [0.1, 0.15) is 11.8 Å². The van der Waals surface area contributed by atoms with Crippen LogP contribution in [0.4, 0.5) is 11.4 Å². The van der Waals surface area contributed by atoms with Gasteiger partial charge in [0, 0.05) is 29.3 Å². The largest absolute Gasteiger partial charge is 0.496 e. The average molecular weight is 588 g/mol. The molecule has 1 saturated heterocycles. The predicted octanol–water partition coefficient (Wildman–Crippen LogP) is 5.30. The van der Waals surface area contributed by atoms with Crippen molar-refractivity contribution in [2.24, 2.45) is 5.41 Å². The monoisotopic (exact) mass is 587 g/mol. The SMILES string of the molecule is COC(=O)C1(C#N)C(c2ccc([N+](=O)[O-])cc2)C(C(=O)c2ccc(OC)c(Br)c2)N2c3ccccc3C=CC21. The standard InChI is InChI=1S/C29H22BrN3O6/c1-38-23-13-9-19(15-21(23)30)27(34)26-25(18-7-11-20(12-8-18)33(36)37)29(16-31,28(35)39-2)24-14-10-17-5-3-4-6-22(17)32(24)26/h3-15,24-26H,1-2H3. The number of rotatable bonds is 6. The van der Waals surface area contributed by atoms with E-state index in [0.717, 1.165) is 5.56 Å². The van der Waals surface area contributed by atoms with Crippen LogP contribution in [0.1, 0.15) is 27.4 Å². The van der Waals surface area contributed by atoms with Crippen molar-refractivity contribution in [3.8, 4) is 11.8 Å². The van der Waals surface area contributed by atoms with Crippen LogP contribution in [0, 0.1) is 26.9 Å². The molecule has 2 aliphatic heterocycles. The van der Waals surface area contributed by atoms with Crippen molar-refractivity contribution in [2.75, 3.05) is 19.1 Å². The zero-order valence-corrected chi connectivity index (χ0v) is 22.5. The van der Waals surface area contributed by atoms with E-state index in [0.29, 0.717) is 27.0 Å². The van der Waals surface area contributed by atoms with E-state index in [9.17, 15) is 25.0 Å². The topological polar surface area (TPSA) is 123 Å². The molecule has 4 unspecified atom stereocenters. The van der Waals surface area contributed by atoms with Gasteiger partial charge in [-0.2, -0.15) is 5.26 Å². The molecule has 196 valence electrons. The van der Waals surface area contributed by atoms with Crippen molar-refractivity contribution >= 4 is 45.1 Å². The highest BCUT2D eigenvalue weighted by Gasteiger charge is 2.67. The first-order chi connectivity index (χ1) is 18.8. The summed E-state index contributed by atoms with van der Waals surface area (Å²) >= 11 is 3.44. The van der Waals surface area contributed by atoms with E-state index < -0.39 is 34.3 Å². The third kappa shape index (κ3) is 3.97. The number of ether oxygens (including phenoxy) is 2. The number of benzene rings is 3. The molecule has 2 heterocycles. The number of methoxy groups -OCH3 is 2. The van der Waals surface area contributed by atoms with Crippen LogP contribution in [0.2, 0.25) is 0 Å². The molecule has 0 aromatic heterocycles. The Kier molecular flexibility index (Phi) is 6.70.